The molecule has 1 aromatic rings. The number of rotatable bonds is 4. The monoisotopic (exact) mass is 166 g/mol. The highest BCUT2D eigenvalue weighted by Crippen LogP contribution is 2.10. The molecule has 0 bridgehead atoms. The average molecular weight is 166 g/mol. The van der Waals surface area contributed by atoms with Gasteiger partial charge in [0.25, 0.3) is 0 Å². The lowest BCUT2D eigenvalue weighted by atomic mass is 10.0. The van der Waals surface area contributed by atoms with E-state index in [0.717, 1.165) is 12.8 Å². The van der Waals surface area contributed by atoms with E-state index in [0.29, 0.717) is 5.82 Å². The van der Waals surface area contributed by atoms with Crippen LogP contribution in [0.15, 0.2) is 12.4 Å². The smallest absolute Gasteiger partial charge is 0.200 e. The van der Waals surface area contributed by atoms with Crippen LogP contribution in [0.25, 0.3) is 0 Å². The molecule has 66 valence electrons. The summed E-state index contributed by atoms with van der Waals surface area (Å²) in [5.74, 6) is 0.680. The number of hydrogen-bond donors (Lipinski definition) is 1. The molecular weight excluding hydrogens is 152 g/mol. The van der Waals surface area contributed by atoms with E-state index in [-0.39, 0.29) is 11.7 Å². The molecule has 0 fully saturated rings. The molecule has 3 heteroatoms. The Bertz CT molecular complexity index is 241. The highest BCUT2D eigenvalue weighted by atomic mass is 16.1. The first kappa shape index (κ1) is 8.97. The summed E-state index contributed by atoms with van der Waals surface area (Å²) in [6, 6.07) is 0. The lowest BCUT2D eigenvalue weighted by Gasteiger charge is -2.05. The van der Waals surface area contributed by atoms with Gasteiger partial charge in [0.15, 0.2) is 5.82 Å². The van der Waals surface area contributed by atoms with Crippen molar-refractivity contribution in [1.29, 1.82) is 0 Å². The molecule has 1 N–H and O–H groups in total. The first-order chi connectivity index (χ1) is 5.75. The first-order valence-electron chi connectivity index (χ1n) is 4.29. The van der Waals surface area contributed by atoms with Crippen molar-refractivity contribution in [3.8, 4) is 0 Å². The molecule has 0 aliphatic carbocycles. The fourth-order valence-corrected chi connectivity index (χ4v) is 1.20. The van der Waals surface area contributed by atoms with Gasteiger partial charge in [0.2, 0.25) is 5.78 Å². The third kappa shape index (κ3) is 1.94. The van der Waals surface area contributed by atoms with Crippen LogP contribution in [0.3, 0.4) is 0 Å². The number of aromatic nitrogens is 2. The SMILES string of the molecule is CCCC(C)C(=O)c1ncc[nH]1. The van der Waals surface area contributed by atoms with Gasteiger partial charge in [-0.2, -0.15) is 0 Å². The van der Waals surface area contributed by atoms with Crippen LogP contribution in [0.4, 0.5) is 0 Å². The number of hydrogen-bond acceptors (Lipinski definition) is 2. The van der Waals surface area contributed by atoms with Crippen molar-refractivity contribution in [3.63, 3.8) is 0 Å². The Hall–Kier alpha value is -1.12. The van der Waals surface area contributed by atoms with Gasteiger partial charge in [-0.3, -0.25) is 4.79 Å². The van der Waals surface area contributed by atoms with E-state index < -0.39 is 0 Å². The Balaban J connectivity index is 2.59. The number of carbonyl (C=O) groups is 1. The Morgan fingerprint density at radius 2 is 2.50 bits per heavy atom. The van der Waals surface area contributed by atoms with Gasteiger partial charge < -0.3 is 4.98 Å². The van der Waals surface area contributed by atoms with Crippen LogP contribution >= 0.6 is 0 Å². The largest absolute Gasteiger partial charge is 0.342 e. The number of H-pyrrole nitrogens is 1. The Morgan fingerprint density at radius 3 is 3.00 bits per heavy atom. The van der Waals surface area contributed by atoms with Crippen molar-refractivity contribution in [2.45, 2.75) is 26.7 Å². The van der Waals surface area contributed by atoms with Crippen molar-refractivity contribution in [2.75, 3.05) is 0 Å². The molecule has 0 aliphatic heterocycles. The molecule has 0 saturated heterocycles. The lowest BCUT2D eigenvalue weighted by Crippen LogP contribution is -2.12. The summed E-state index contributed by atoms with van der Waals surface area (Å²) in [6.45, 7) is 4.01. The van der Waals surface area contributed by atoms with Crippen molar-refractivity contribution in [1.82, 2.24) is 9.97 Å². The third-order valence-corrected chi connectivity index (χ3v) is 1.90. The molecule has 0 aliphatic rings. The zero-order valence-corrected chi connectivity index (χ0v) is 7.50. The molecule has 1 atom stereocenters. The molecular formula is C9H14N2O. The molecule has 0 spiro atoms. The fourth-order valence-electron chi connectivity index (χ4n) is 1.20. The number of ketones is 1. The summed E-state index contributed by atoms with van der Waals surface area (Å²) < 4.78 is 0. The van der Waals surface area contributed by atoms with Gasteiger partial charge in [-0.15, -0.1) is 0 Å². The Labute approximate surface area is 72.2 Å². The summed E-state index contributed by atoms with van der Waals surface area (Å²) in [7, 11) is 0. The minimum Gasteiger partial charge on any atom is -0.342 e. The maximum atomic E-state index is 11.5. The van der Waals surface area contributed by atoms with E-state index in [4.69, 9.17) is 0 Å². The van der Waals surface area contributed by atoms with Gasteiger partial charge in [0.05, 0.1) is 0 Å². The predicted octanol–water partition coefficient (Wildman–Crippen LogP) is 2.03. The third-order valence-electron chi connectivity index (χ3n) is 1.90. The number of imidazole rings is 1. The highest BCUT2D eigenvalue weighted by Gasteiger charge is 2.15. The standard InChI is InChI=1S/C9H14N2O/c1-3-4-7(2)8(12)9-10-5-6-11-9/h5-7H,3-4H2,1-2H3,(H,10,11). The molecule has 1 rings (SSSR count). The molecule has 3 nitrogen and oxygen atoms in total. The average Bonchev–Trinajstić information content (AvgIpc) is 2.55. The van der Waals surface area contributed by atoms with Crippen LogP contribution < -0.4 is 0 Å². The lowest BCUT2D eigenvalue weighted by molar-refractivity contribution is 0.0914. The van der Waals surface area contributed by atoms with E-state index in [1.54, 1.807) is 12.4 Å². The molecule has 0 saturated carbocycles. The van der Waals surface area contributed by atoms with Crippen LogP contribution in [0.5, 0.6) is 0 Å². The summed E-state index contributed by atoms with van der Waals surface area (Å²) in [4.78, 5) is 18.2. The zero-order valence-electron chi connectivity index (χ0n) is 7.50. The molecule has 1 aromatic heterocycles. The molecule has 0 amide bonds. The van der Waals surface area contributed by atoms with E-state index >= 15 is 0 Å². The second-order valence-electron chi connectivity index (χ2n) is 2.99. The molecule has 0 aromatic carbocycles. The summed E-state index contributed by atoms with van der Waals surface area (Å²) in [6.07, 6.45) is 5.24. The van der Waals surface area contributed by atoms with Crippen LogP contribution in [-0.2, 0) is 0 Å². The van der Waals surface area contributed by atoms with Crippen molar-refractivity contribution >= 4 is 5.78 Å². The van der Waals surface area contributed by atoms with E-state index in [1.165, 1.54) is 0 Å². The maximum absolute atomic E-state index is 11.5. The van der Waals surface area contributed by atoms with Crippen LogP contribution in [0.2, 0.25) is 0 Å². The quantitative estimate of drug-likeness (QED) is 0.695. The van der Waals surface area contributed by atoms with Crippen LogP contribution in [0, 0.1) is 5.92 Å². The summed E-state index contributed by atoms with van der Waals surface area (Å²) in [5.41, 5.74) is 0. The number of carbonyl (C=O) groups excluding carboxylic acids is 1. The van der Waals surface area contributed by atoms with Crippen molar-refractivity contribution < 1.29 is 4.79 Å². The molecule has 12 heavy (non-hydrogen) atoms. The van der Waals surface area contributed by atoms with Crippen molar-refractivity contribution in [2.24, 2.45) is 5.92 Å². The first-order valence-corrected chi connectivity index (χ1v) is 4.29. The molecule has 0 radical (unpaired) electrons. The number of aromatic amines is 1. The van der Waals surface area contributed by atoms with E-state index in [1.807, 2.05) is 6.92 Å². The molecule has 1 unspecified atom stereocenters. The zero-order chi connectivity index (χ0) is 8.97. The van der Waals surface area contributed by atoms with Gasteiger partial charge in [-0.25, -0.2) is 4.98 Å². The van der Waals surface area contributed by atoms with Crippen LogP contribution in [0.1, 0.15) is 37.3 Å². The highest BCUT2D eigenvalue weighted by molar-refractivity contribution is 5.94. The minimum atomic E-state index is 0.0844. The van der Waals surface area contributed by atoms with Crippen LogP contribution in [-0.4, -0.2) is 15.8 Å². The Kier molecular flexibility index (Phi) is 3.02. The normalized spacial score (nSPS) is 12.8. The van der Waals surface area contributed by atoms with Gasteiger partial charge in [0.1, 0.15) is 0 Å². The van der Waals surface area contributed by atoms with E-state index in [9.17, 15) is 4.79 Å². The predicted molar refractivity (Wildman–Crippen MR) is 47.0 cm³/mol. The molecule has 1 heterocycles. The van der Waals surface area contributed by atoms with Gasteiger partial charge in [-0.1, -0.05) is 20.3 Å². The van der Waals surface area contributed by atoms with Gasteiger partial charge in [0, 0.05) is 18.3 Å². The summed E-state index contributed by atoms with van der Waals surface area (Å²) >= 11 is 0. The van der Waals surface area contributed by atoms with Gasteiger partial charge >= 0.3 is 0 Å². The van der Waals surface area contributed by atoms with Gasteiger partial charge in [-0.05, 0) is 6.42 Å². The number of nitrogens with zero attached hydrogens (tertiary/aromatic N) is 1. The Morgan fingerprint density at radius 1 is 1.75 bits per heavy atom. The summed E-state index contributed by atoms with van der Waals surface area (Å²) in [5, 5.41) is 0. The number of Topliss-reactive ketones (excluding diaryl/α,β-unsaturated/α-hetero) is 1. The second-order valence-corrected chi connectivity index (χ2v) is 2.99. The fraction of sp³-hybridized carbons (Fsp3) is 0.556. The van der Waals surface area contributed by atoms with E-state index in [2.05, 4.69) is 16.9 Å². The topological polar surface area (TPSA) is 45.8 Å². The maximum Gasteiger partial charge on any atom is 0.200 e. The minimum absolute atomic E-state index is 0.0844. The number of nitrogens with one attached hydrogen (secondary N) is 1. The second kappa shape index (κ2) is 4.04. The van der Waals surface area contributed by atoms with Crippen molar-refractivity contribution in [3.05, 3.63) is 18.2 Å².